The maximum atomic E-state index is 12.4. The SMILES string of the molecule is C[C@H]1C[C@H]2C(=O)O[C@H](C)[C@H]2[C@H]2[C@H](Cc3ccc(-c4ccccc4C#N)cn3)CC[C@@H]21. The van der Waals surface area contributed by atoms with Crippen LogP contribution in [0.4, 0.5) is 0 Å². The second-order valence-corrected chi connectivity index (χ2v) is 9.52. The average Bonchev–Trinajstić information content (AvgIpc) is 3.29. The van der Waals surface area contributed by atoms with Gasteiger partial charge in [-0.25, -0.2) is 0 Å². The van der Waals surface area contributed by atoms with Crippen molar-refractivity contribution in [3.8, 4) is 17.2 Å². The molecule has 1 aliphatic heterocycles. The predicted octanol–water partition coefficient (Wildman–Crippen LogP) is 5.02. The highest BCUT2D eigenvalue weighted by Gasteiger charge is 2.57. The van der Waals surface area contributed by atoms with Gasteiger partial charge in [-0.3, -0.25) is 9.78 Å². The van der Waals surface area contributed by atoms with Crippen molar-refractivity contribution in [3.63, 3.8) is 0 Å². The van der Waals surface area contributed by atoms with Crippen LogP contribution < -0.4 is 0 Å². The number of cyclic esters (lactones) is 1. The van der Waals surface area contributed by atoms with Gasteiger partial charge in [-0.2, -0.15) is 5.26 Å². The number of hydrogen-bond acceptors (Lipinski definition) is 4. The Morgan fingerprint density at radius 3 is 2.73 bits per heavy atom. The fourth-order valence-electron chi connectivity index (χ4n) is 6.69. The summed E-state index contributed by atoms with van der Waals surface area (Å²) >= 11 is 0. The topological polar surface area (TPSA) is 63.0 Å². The van der Waals surface area contributed by atoms with Gasteiger partial charge in [0, 0.05) is 28.9 Å². The van der Waals surface area contributed by atoms with Crippen molar-refractivity contribution in [2.24, 2.45) is 35.5 Å². The summed E-state index contributed by atoms with van der Waals surface area (Å²) in [5.74, 6) is 2.91. The molecule has 0 N–H and O–H groups in total. The summed E-state index contributed by atoms with van der Waals surface area (Å²) in [4.78, 5) is 17.1. The van der Waals surface area contributed by atoms with Gasteiger partial charge in [0.2, 0.25) is 0 Å². The highest BCUT2D eigenvalue weighted by molar-refractivity contribution is 5.75. The Labute approximate surface area is 178 Å². The molecule has 0 radical (unpaired) electrons. The molecular formula is C26H28N2O2. The number of nitrogens with zero attached hydrogens (tertiary/aromatic N) is 2. The minimum atomic E-state index is 0.0297. The van der Waals surface area contributed by atoms with Gasteiger partial charge in [0.25, 0.3) is 0 Å². The van der Waals surface area contributed by atoms with Crippen LogP contribution in [0.15, 0.2) is 42.6 Å². The number of hydrogen-bond donors (Lipinski definition) is 0. The summed E-state index contributed by atoms with van der Waals surface area (Å²) in [6.07, 6.45) is 6.36. The van der Waals surface area contributed by atoms with Gasteiger partial charge in [-0.05, 0) is 68.4 Å². The van der Waals surface area contributed by atoms with Crippen LogP contribution in [0.3, 0.4) is 0 Å². The van der Waals surface area contributed by atoms with E-state index < -0.39 is 0 Å². The van der Waals surface area contributed by atoms with Crippen molar-refractivity contribution in [1.82, 2.24) is 4.98 Å². The molecule has 154 valence electrons. The lowest BCUT2D eigenvalue weighted by molar-refractivity contribution is -0.144. The molecule has 0 amide bonds. The van der Waals surface area contributed by atoms with Crippen LogP contribution in [-0.4, -0.2) is 17.1 Å². The number of carbonyl (C=O) groups is 1. The Morgan fingerprint density at radius 1 is 1.13 bits per heavy atom. The standard InChI is InChI=1S/C26H28N2O2/c1-15-11-23-24(16(2)30-26(23)29)25-17(8-10-21(15)25)12-20-9-7-19(14-28-20)22-6-4-3-5-18(22)13-27/h3-7,9,14-17,21,23-25H,8,10-12H2,1-2H3/t15-,16+,17-,21+,23+,24+,25-/m0/s1. The molecule has 0 unspecified atom stereocenters. The highest BCUT2D eigenvalue weighted by Crippen LogP contribution is 2.57. The Morgan fingerprint density at radius 2 is 1.97 bits per heavy atom. The summed E-state index contributed by atoms with van der Waals surface area (Å²) < 4.78 is 5.67. The third-order valence-corrected chi connectivity index (χ3v) is 7.98. The third-order valence-electron chi connectivity index (χ3n) is 7.98. The maximum Gasteiger partial charge on any atom is 0.309 e. The van der Waals surface area contributed by atoms with E-state index >= 15 is 0 Å². The molecule has 2 aromatic rings. The van der Waals surface area contributed by atoms with Crippen molar-refractivity contribution in [2.45, 2.75) is 45.6 Å². The van der Waals surface area contributed by atoms with Gasteiger partial charge >= 0.3 is 5.97 Å². The Kier molecular flexibility index (Phi) is 4.85. The van der Waals surface area contributed by atoms with E-state index in [0.29, 0.717) is 35.2 Å². The summed E-state index contributed by atoms with van der Waals surface area (Å²) in [6.45, 7) is 4.41. The summed E-state index contributed by atoms with van der Waals surface area (Å²) in [5, 5.41) is 9.37. The first-order valence-corrected chi connectivity index (χ1v) is 11.2. The molecule has 1 aromatic carbocycles. The van der Waals surface area contributed by atoms with Gasteiger partial charge in [0.15, 0.2) is 0 Å². The first-order chi connectivity index (χ1) is 14.6. The number of esters is 1. The smallest absolute Gasteiger partial charge is 0.309 e. The van der Waals surface area contributed by atoms with Gasteiger partial charge in [0.1, 0.15) is 6.10 Å². The van der Waals surface area contributed by atoms with E-state index in [1.807, 2.05) is 30.5 Å². The fourth-order valence-corrected chi connectivity index (χ4v) is 6.69. The average molecular weight is 401 g/mol. The molecule has 4 nitrogen and oxygen atoms in total. The van der Waals surface area contributed by atoms with Gasteiger partial charge < -0.3 is 4.74 Å². The monoisotopic (exact) mass is 400 g/mol. The van der Waals surface area contributed by atoms with Crippen molar-refractivity contribution < 1.29 is 9.53 Å². The van der Waals surface area contributed by atoms with Gasteiger partial charge in [-0.15, -0.1) is 0 Å². The number of nitriles is 1. The molecule has 2 heterocycles. The Bertz CT molecular complexity index is 993. The van der Waals surface area contributed by atoms with Crippen LogP contribution in [0.25, 0.3) is 11.1 Å². The van der Waals surface area contributed by atoms with E-state index in [0.717, 1.165) is 29.7 Å². The fraction of sp³-hybridized carbons (Fsp3) is 0.500. The highest BCUT2D eigenvalue weighted by atomic mass is 16.6. The van der Waals surface area contributed by atoms with E-state index in [1.54, 1.807) is 0 Å². The van der Waals surface area contributed by atoms with Crippen LogP contribution in [0.2, 0.25) is 0 Å². The zero-order valence-electron chi connectivity index (χ0n) is 17.6. The number of benzene rings is 1. The Hall–Kier alpha value is -2.67. The molecular weight excluding hydrogens is 372 g/mol. The summed E-state index contributed by atoms with van der Waals surface area (Å²) in [7, 11) is 0. The molecule has 0 bridgehead atoms. The molecule has 5 rings (SSSR count). The second kappa shape index (κ2) is 7.54. The number of carbonyl (C=O) groups excluding carboxylic acids is 1. The molecule has 2 saturated carbocycles. The lowest BCUT2D eigenvalue weighted by Gasteiger charge is -2.42. The summed E-state index contributed by atoms with van der Waals surface area (Å²) in [5.41, 5.74) is 3.69. The first kappa shape index (κ1) is 19.3. The largest absolute Gasteiger partial charge is 0.462 e. The first-order valence-electron chi connectivity index (χ1n) is 11.2. The van der Waals surface area contributed by atoms with Crippen LogP contribution in [0, 0.1) is 46.8 Å². The van der Waals surface area contributed by atoms with Crippen LogP contribution in [0.5, 0.6) is 0 Å². The van der Waals surface area contributed by atoms with E-state index in [9.17, 15) is 10.1 Å². The van der Waals surface area contributed by atoms with Gasteiger partial charge in [-0.1, -0.05) is 31.2 Å². The van der Waals surface area contributed by atoms with E-state index in [4.69, 9.17) is 9.72 Å². The molecule has 0 spiro atoms. The number of ether oxygens (including phenoxy) is 1. The lowest BCUT2D eigenvalue weighted by Crippen LogP contribution is -2.41. The van der Waals surface area contributed by atoms with Gasteiger partial charge in [0.05, 0.1) is 17.6 Å². The summed E-state index contributed by atoms with van der Waals surface area (Å²) in [6, 6.07) is 14.1. The molecule has 1 aromatic heterocycles. The molecule has 4 heteroatoms. The zero-order valence-corrected chi connectivity index (χ0v) is 17.6. The molecule has 2 aliphatic carbocycles. The maximum absolute atomic E-state index is 12.4. The zero-order chi connectivity index (χ0) is 20.8. The van der Waals surface area contributed by atoms with Crippen molar-refractivity contribution in [2.75, 3.05) is 0 Å². The number of aromatic nitrogens is 1. The van der Waals surface area contributed by atoms with Crippen LogP contribution in [0.1, 0.15) is 44.4 Å². The van der Waals surface area contributed by atoms with E-state index in [-0.39, 0.29) is 18.0 Å². The van der Waals surface area contributed by atoms with Crippen molar-refractivity contribution in [1.29, 1.82) is 5.26 Å². The van der Waals surface area contributed by atoms with Crippen molar-refractivity contribution >= 4 is 5.97 Å². The van der Waals surface area contributed by atoms with Crippen LogP contribution >= 0.6 is 0 Å². The molecule has 7 atom stereocenters. The number of pyridine rings is 1. The number of fused-ring (bicyclic) bond motifs is 3. The molecule has 3 fully saturated rings. The molecule has 1 saturated heterocycles. The number of rotatable bonds is 3. The Balaban J connectivity index is 1.37. The normalized spacial score (nSPS) is 34.7. The second-order valence-electron chi connectivity index (χ2n) is 9.52. The van der Waals surface area contributed by atoms with Crippen molar-refractivity contribution in [3.05, 3.63) is 53.9 Å². The minimum absolute atomic E-state index is 0.0297. The third kappa shape index (κ3) is 3.12. The quantitative estimate of drug-likeness (QED) is 0.679. The molecule has 30 heavy (non-hydrogen) atoms. The molecule has 3 aliphatic rings. The van der Waals surface area contributed by atoms with E-state index in [2.05, 4.69) is 32.0 Å². The lowest BCUT2D eigenvalue weighted by atomic mass is 9.61. The minimum Gasteiger partial charge on any atom is -0.462 e. The van der Waals surface area contributed by atoms with E-state index in [1.165, 1.54) is 12.8 Å². The predicted molar refractivity (Wildman–Crippen MR) is 114 cm³/mol. The van der Waals surface area contributed by atoms with Crippen LogP contribution in [-0.2, 0) is 16.0 Å².